The summed E-state index contributed by atoms with van der Waals surface area (Å²) in [6.07, 6.45) is 8.02. The summed E-state index contributed by atoms with van der Waals surface area (Å²) in [5, 5.41) is 10.1. The summed E-state index contributed by atoms with van der Waals surface area (Å²) in [5.74, 6) is -1.36. The first kappa shape index (κ1) is 31.2. The lowest BCUT2D eigenvalue weighted by Gasteiger charge is -2.36. The van der Waals surface area contributed by atoms with Gasteiger partial charge in [0.25, 0.3) is 5.91 Å². The van der Waals surface area contributed by atoms with E-state index in [1.54, 1.807) is 21.6 Å². The number of hydrogen-bond donors (Lipinski definition) is 1. The van der Waals surface area contributed by atoms with Gasteiger partial charge in [0.05, 0.1) is 29.8 Å². The summed E-state index contributed by atoms with van der Waals surface area (Å²) >= 11 is 1.54. The number of benzene rings is 2. The van der Waals surface area contributed by atoms with Crippen LogP contribution in [-0.4, -0.2) is 89.2 Å². The Bertz CT molecular complexity index is 1510. The molecule has 0 saturated carbocycles. The third-order valence-corrected chi connectivity index (χ3v) is 11.4. The number of aliphatic hydroxyl groups is 1. The molecule has 238 valence electrons. The Hall–Kier alpha value is -3.76. The largest absolute Gasteiger partial charge is 0.494 e. The number of nitrogens with zero attached hydrogens (tertiary/aromatic N) is 4. The number of likely N-dealkylation sites (tertiary alicyclic amines) is 1. The smallest absolute Gasteiger partial charge is 0.251 e. The molecule has 2 aromatic rings. The zero-order valence-electron chi connectivity index (χ0n) is 26.4. The van der Waals surface area contributed by atoms with E-state index in [0.717, 1.165) is 35.9 Å². The molecule has 2 fully saturated rings. The van der Waals surface area contributed by atoms with Gasteiger partial charge in [-0.2, -0.15) is 0 Å². The molecule has 0 aromatic heterocycles. The normalized spacial score (nSPS) is 29.0. The lowest BCUT2D eigenvalue weighted by atomic mass is 9.74. The Morgan fingerprint density at radius 1 is 0.844 bits per heavy atom. The number of ether oxygens (including phenoxy) is 1. The van der Waals surface area contributed by atoms with Gasteiger partial charge in [-0.05, 0) is 76.2 Å². The van der Waals surface area contributed by atoms with Crippen LogP contribution >= 0.6 is 11.8 Å². The molecule has 6 rings (SSSR count). The summed E-state index contributed by atoms with van der Waals surface area (Å²) in [6, 6.07) is 14.5. The van der Waals surface area contributed by atoms with Crippen LogP contribution in [0, 0.1) is 11.8 Å². The second kappa shape index (κ2) is 12.2. The van der Waals surface area contributed by atoms with Gasteiger partial charge in [0.2, 0.25) is 11.8 Å². The average Bonchev–Trinajstić information content (AvgIpc) is 3.29. The fraction of sp³-hybridized carbons (Fsp3) is 0.457. The van der Waals surface area contributed by atoms with Crippen LogP contribution in [0.3, 0.4) is 0 Å². The lowest BCUT2D eigenvalue weighted by Crippen LogP contribution is -2.54. The van der Waals surface area contributed by atoms with Crippen LogP contribution in [0.15, 0.2) is 72.8 Å². The minimum Gasteiger partial charge on any atom is -0.494 e. The standard InChI is InChI=1S/C35H42N4O5S/c1-5-36(6-2)24-10-12-25(13-11-24)38-21-9-19-35-29(32(42)39(22-23-40)30(35)33(38)43)28-31(41)37(20-8-18-34(28,4)45-35)26-14-16-27(17-15-26)44-7-3/h8-19,28-30,40H,5-7,20-23H2,1-4H3/t28-,29+,30?,34+,35+/m1/s1. The predicted molar refractivity (Wildman–Crippen MR) is 179 cm³/mol. The maximum absolute atomic E-state index is 14.6. The first-order chi connectivity index (χ1) is 21.7. The number of thioether (sulfide) groups is 1. The van der Waals surface area contributed by atoms with Crippen molar-refractivity contribution in [3.05, 3.63) is 72.8 Å². The zero-order valence-corrected chi connectivity index (χ0v) is 27.2. The molecule has 1 spiro atoms. The van der Waals surface area contributed by atoms with E-state index in [1.165, 1.54) is 4.90 Å². The number of β-amino-alcohol motifs (C(OH)–C–C–N with tert-alkyl or cyclic N) is 1. The van der Waals surface area contributed by atoms with Crippen LogP contribution in [0.1, 0.15) is 27.7 Å². The molecule has 2 aromatic carbocycles. The highest BCUT2D eigenvalue weighted by Crippen LogP contribution is 2.65. The molecule has 1 unspecified atom stereocenters. The number of aliphatic hydroxyl groups excluding tert-OH is 1. The van der Waals surface area contributed by atoms with Gasteiger partial charge >= 0.3 is 0 Å². The highest BCUT2D eigenvalue weighted by atomic mass is 32.2. The molecule has 45 heavy (non-hydrogen) atoms. The molecule has 4 aliphatic heterocycles. The highest BCUT2D eigenvalue weighted by molar-refractivity contribution is 8.02. The SMILES string of the molecule is CCOc1ccc(N2CC=C[C@]3(C)S[C@]45C=CCN(c6ccc(N(CC)CC)cc6)C(=O)C4N(CCO)C(=O)[C@@H]5[C@@H]3C2=O)cc1. The van der Waals surface area contributed by atoms with Crippen molar-refractivity contribution >= 4 is 46.5 Å². The molecule has 5 atom stereocenters. The van der Waals surface area contributed by atoms with Gasteiger partial charge in [-0.15, -0.1) is 11.8 Å². The van der Waals surface area contributed by atoms with Gasteiger partial charge in [-0.1, -0.05) is 24.3 Å². The fourth-order valence-electron chi connectivity index (χ4n) is 7.65. The Kier molecular flexibility index (Phi) is 8.47. The summed E-state index contributed by atoms with van der Waals surface area (Å²) < 4.78 is 3.91. The number of hydrogen-bond acceptors (Lipinski definition) is 7. The highest BCUT2D eigenvalue weighted by Gasteiger charge is 2.74. The van der Waals surface area contributed by atoms with E-state index in [9.17, 15) is 19.5 Å². The zero-order chi connectivity index (χ0) is 31.9. The average molecular weight is 631 g/mol. The molecule has 2 saturated heterocycles. The van der Waals surface area contributed by atoms with E-state index in [4.69, 9.17) is 4.74 Å². The summed E-state index contributed by atoms with van der Waals surface area (Å²) in [6.45, 7) is 10.9. The Labute approximate surface area is 269 Å². The van der Waals surface area contributed by atoms with Crippen LogP contribution in [0.4, 0.5) is 17.1 Å². The molecule has 0 aliphatic carbocycles. The van der Waals surface area contributed by atoms with E-state index < -0.39 is 27.4 Å². The monoisotopic (exact) mass is 630 g/mol. The quantitative estimate of drug-likeness (QED) is 0.417. The predicted octanol–water partition coefficient (Wildman–Crippen LogP) is 4.12. The molecule has 1 N–H and O–H groups in total. The number of fused-ring (bicyclic) bond motifs is 2. The molecule has 3 amide bonds. The van der Waals surface area contributed by atoms with Crippen LogP contribution in [0.5, 0.6) is 5.75 Å². The van der Waals surface area contributed by atoms with E-state index in [-0.39, 0.29) is 30.9 Å². The Balaban J connectivity index is 1.38. The van der Waals surface area contributed by atoms with Gasteiger partial charge in [0.15, 0.2) is 0 Å². The fourth-order valence-corrected chi connectivity index (χ4v) is 9.81. The number of anilines is 3. The van der Waals surface area contributed by atoms with Crippen LogP contribution in [0.2, 0.25) is 0 Å². The molecular weight excluding hydrogens is 588 g/mol. The van der Waals surface area contributed by atoms with Crippen molar-refractivity contribution in [3.8, 4) is 5.75 Å². The van der Waals surface area contributed by atoms with Gasteiger partial charge in [0.1, 0.15) is 11.8 Å². The number of amides is 3. The van der Waals surface area contributed by atoms with Crippen molar-refractivity contribution in [1.82, 2.24) is 4.90 Å². The molecule has 9 nitrogen and oxygen atoms in total. The van der Waals surface area contributed by atoms with Crippen molar-refractivity contribution in [3.63, 3.8) is 0 Å². The Morgan fingerprint density at radius 3 is 2.04 bits per heavy atom. The number of carbonyl (C=O) groups is 3. The topological polar surface area (TPSA) is 93.6 Å². The third kappa shape index (κ3) is 5.02. The van der Waals surface area contributed by atoms with Gasteiger partial charge < -0.3 is 29.4 Å². The van der Waals surface area contributed by atoms with E-state index in [1.807, 2.05) is 80.6 Å². The summed E-state index contributed by atoms with van der Waals surface area (Å²) in [4.78, 5) is 50.8. The summed E-state index contributed by atoms with van der Waals surface area (Å²) in [5.41, 5.74) is 2.56. The van der Waals surface area contributed by atoms with Gasteiger partial charge in [-0.25, -0.2) is 0 Å². The first-order valence-electron chi connectivity index (χ1n) is 15.9. The maximum Gasteiger partial charge on any atom is 0.251 e. The van der Waals surface area contributed by atoms with Crippen molar-refractivity contribution in [2.24, 2.45) is 11.8 Å². The second-order valence-corrected chi connectivity index (χ2v) is 13.9. The van der Waals surface area contributed by atoms with Crippen molar-refractivity contribution in [2.45, 2.75) is 43.2 Å². The Morgan fingerprint density at radius 2 is 1.44 bits per heavy atom. The molecular formula is C35H42N4O5S. The van der Waals surface area contributed by atoms with Crippen LogP contribution < -0.4 is 19.4 Å². The van der Waals surface area contributed by atoms with E-state index in [2.05, 4.69) is 24.8 Å². The molecule has 10 heteroatoms. The van der Waals surface area contributed by atoms with E-state index >= 15 is 0 Å². The maximum atomic E-state index is 14.6. The minimum absolute atomic E-state index is 0.0205. The van der Waals surface area contributed by atoms with Crippen molar-refractivity contribution in [2.75, 3.05) is 60.6 Å². The van der Waals surface area contributed by atoms with Gasteiger partial charge in [0, 0.05) is 54.5 Å². The lowest BCUT2D eigenvalue weighted by molar-refractivity contribution is -0.139. The van der Waals surface area contributed by atoms with Crippen molar-refractivity contribution in [1.29, 1.82) is 0 Å². The molecule has 4 aliphatic rings. The van der Waals surface area contributed by atoms with Crippen LogP contribution in [-0.2, 0) is 14.4 Å². The van der Waals surface area contributed by atoms with Gasteiger partial charge in [-0.3, -0.25) is 14.4 Å². The van der Waals surface area contributed by atoms with E-state index in [0.29, 0.717) is 19.7 Å². The molecule has 0 radical (unpaired) electrons. The minimum atomic E-state index is -0.972. The van der Waals surface area contributed by atoms with Crippen LogP contribution in [0.25, 0.3) is 0 Å². The number of carbonyl (C=O) groups excluding carboxylic acids is 3. The molecule has 4 heterocycles. The third-order valence-electron chi connectivity index (χ3n) is 9.65. The second-order valence-electron chi connectivity index (χ2n) is 12.1. The first-order valence-corrected chi connectivity index (χ1v) is 16.7. The molecule has 0 bridgehead atoms. The van der Waals surface area contributed by atoms with Crippen molar-refractivity contribution < 1.29 is 24.2 Å². The number of rotatable bonds is 9. The summed E-state index contributed by atoms with van der Waals surface area (Å²) in [7, 11) is 0.